The molecule has 0 amide bonds. The predicted molar refractivity (Wildman–Crippen MR) is 37.7 cm³/mol. The van der Waals surface area contributed by atoms with Crippen LogP contribution in [-0.2, 0) is 4.74 Å². The summed E-state index contributed by atoms with van der Waals surface area (Å²) in [5, 5.41) is 17.1. The maximum Gasteiger partial charge on any atom is 0.0948 e. The average Bonchev–Trinajstić information content (AvgIpc) is 1.90. The lowest BCUT2D eigenvalue weighted by molar-refractivity contribution is 0.0380. The summed E-state index contributed by atoms with van der Waals surface area (Å²) in [6.07, 6.45) is -0.310. The first-order valence-corrected chi connectivity index (χ1v) is 3.56. The van der Waals surface area contributed by atoms with Gasteiger partial charge in [0.1, 0.15) is 0 Å². The van der Waals surface area contributed by atoms with E-state index >= 15 is 0 Å². The lowest BCUT2D eigenvalue weighted by atomic mass is 10.3. The van der Waals surface area contributed by atoms with Crippen molar-refractivity contribution in [3.8, 4) is 0 Å². The molecule has 3 nitrogen and oxygen atoms in total. The zero-order valence-corrected chi connectivity index (χ0v) is 6.84. The standard InChI is InChI=1S/C5H11BrO3/c1-9-5(3-8)4(6)2-7/h4-5,7-8H,2-3H2,1H3/t4-,5-/m0/s1. The van der Waals surface area contributed by atoms with Crippen molar-refractivity contribution in [2.75, 3.05) is 20.3 Å². The van der Waals surface area contributed by atoms with Crippen molar-refractivity contribution in [3.63, 3.8) is 0 Å². The van der Waals surface area contributed by atoms with E-state index in [-0.39, 0.29) is 24.1 Å². The molecular formula is C5H11BrO3. The van der Waals surface area contributed by atoms with Gasteiger partial charge in [-0.3, -0.25) is 0 Å². The van der Waals surface area contributed by atoms with Crippen molar-refractivity contribution < 1.29 is 14.9 Å². The van der Waals surface area contributed by atoms with Crippen LogP contribution in [0.25, 0.3) is 0 Å². The number of rotatable bonds is 4. The summed E-state index contributed by atoms with van der Waals surface area (Å²) < 4.78 is 4.80. The van der Waals surface area contributed by atoms with Crippen LogP contribution in [0.1, 0.15) is 0 Å². The number of methoxy groups -OCH3 is 1. The minimum absolute atomic E-state index is 0.0287. The number of ether oxygens (including phenoxy) is 1. The van der Waals surface area contributed by atoms with E-state index in [4.69, 9.17) is 14.9 Å². The third kappa shape index (κ3) is 3.15. The van der Waals surface area contributed by atoms with Crippen LogP contribution < -0.4 is 0 Å². The Kier molecular flexibility index (Phi) is 5.38. The largest absolute Gasteiger partial charge is 0.395 e. The molecule has 0 aromatic rings. The quantitative estimate of drug-likeness (QED) is 0.614. The molecule has 0 rings (SSSR count). The highest BCUT2D eigenvalue weighted by atomic mass is 79.9. The van der Waals surface area contributed by atoms with Crippen LogP contribution in [0.15, 0.2) is 0 Å². The molecule has 2 N–H and O–H groups in total. The van der Waals surface area contributed by atoms with E-state index in [1.165, 1.54) is 7.11 Å². The van der Waals surface area contributed by atoms with Crippen molar-refractivity contribution in [3.05, 3.63) is 0 Å². The Morgan fingerprint density at radius 2 is 2.00 bits per heavy atom. The minimum atomic E-state index is -0.310. The molecular weight excluding hydrogens is 188 g/mol. The van der Waals surface area contributed by atoms with Gasteiger partial charge >= 0.3 is 0 Å². The first kappa shape index (κ1) is 9.36. The highest BCUT2D eigenvalue weighted by molar-refractivity contribution is 9.09. The lowest BCUT2D eigenvalue weighted by Gasteiger charge is -2.15. The molecule has 0 unspecified atom stereocenters. The second-order valence-corrected chi connectivity index (χ2v) is 2.83. The molecule has 0 saturated carbocycles. The number of halogens is 1. The molecule has 0 aromatic heterocycles. The molecule has 0 fully saturated rings. The van der Waals surface area contributed by atoms with Gasteiger partial charge in [-0.25, -0.2) is 0 Å². The molecule has 0 aromatic carbocycles. The topological polar surface area (TPSA) is 49.7 Å². The summed E-state index contributed by atoms with van der Waals surface area (Å²) >= 11 is 3.13. The Balaban J connectivity index is 3.50. The van der Waals surface area contributed by atoms with E-state index < -0.39 is 0 Å². The van der Waals surface area contributed by atoms with Gasteiger partial charge in [-0.1, -0.05) is 15.9 Å². The van der Waals surface area contributed by atoms with Crippen LogP contribution in [-0.4, -0.2) is 41.5 Å². The van der Waals surface area contributed by atoms with Crippen LogP contribution in [0, 0.1) is 0 Å². The van der Waals surface area contributed by atoms with Crippen molar-refractivity contribution in [1.29, 1.82) is 0 Å². The molecule has 2 atom stereocenters. The van der Waals surface area contributed by atoms with Gasteiger partial charge in [0.25, 0.3) is 0 Å². The fourth-order valence-electron chi connectivity index (χ4n) is 0.454. The van der Waals surface area contributed by atoms with Gasteiger partial charge in [0.2, 0.25) is 0 Å². The summed E-state index contributed by atoms with van der Waals surface area (Å²) in [4.78, 5) is -0.174. The van der Waals surface area contributed by atoms with Gasteiger partial charge in [0.05, 0.1) is 24.1 Å². The van der Waals surface area contributed by atoms with Crippen molar-refractivity contribution in [2.24, 2.45) is 0 Å². The molecule has 0 bridgehead atoms. The van der Waals surface area contributed by atoms with Crippen LogP contribution in [0.2, 0.25) is 0 Å². The zero-order valence-electron chi connectivity index (χ0n) is 5.25. The third-order valence-corrected chi connectivity index (χ3v) is 1.94. The van der Waals surface area contributed by atoms with Crippen molar-refractivity contribution >= 4 is 15.9 Å². The van der Waals surface area contributed by atoms with Crippen LogP contribution in [0.4, 0.5) is 0 Å². The first-order chi connectivity index (χ1) is 4.26. The van der Waals surface area contributed by atoms with Gasteiger partial charge in [0.15, 0.2) is 0 Å². The molecule has 0 saturated heterocycles. The van der Waals surface area contributed by atoms with E-state index in [1.54, 1.807) is 0 Å². The van der Waals surface area contributed by atoms with E-state index in [2.05, 4.69) is 15.9 Å². The fraction of sp³-hybridized carbons (Fsp3) is 1.00. The van der Waals surface area contributed by atoms with Crippen LogP contribution in [0.5, 0.6) is 0 Å². The van der Waals surface area contributed by atoms with Crippen LogP contribution >= 0.6 is 15.9 Å². The number of aliphatic hydroxyl groups excluding tert-OH is 2. The minimum Gasteiger partial charge on any atom is -0.395 e. The summed E-state index contributed by atoms with van der Waals surface area (Å²) in [6, 6.07) is 0. The smallest absolute Gasteiger partial charge is 0.0948 e. The Hall–Kier alpha value is 0.360. The molecule has 0 aliphatic heterocycles. The number of hydrogen-bond acceptors (Lipinski definition) is 3. The van der Waals surface area contributed by atoms with Gasteiger partial charge < -0.3 is 14.9 Å². The Labute approximate surface area is 62.8 Å². The maximum atomic E-state index is 8.56. The molecule has 4 heteroatoms. The van der Waals surface area contributed by atoms with Gasteiger partial charge in [-0.2, -0.15) is 0 Å². The van der Waals surface area contributed by atoms with Crippen molar-refractivity contribution in [1.82, 2.24) is 0 Å². The van der Waals surface area contributed by atoms with Crippen LogP contribution in [0.3, 0.4) is 0 Å². The summed E-state index contributed by atoms with van der Waals surface area (Å²) in [7, 11) is 1.49. The summed E-state index contributed by atoms with van der Waals surface area (Å²) in [5.74, 6) is 0. The lowest BCUT2D eigenvalue weighted by Crippen LogP contribution is -2.29. The van der Waals surface area contributed by atoms with Gasteiger partial charge in [0, 0.05) is 7.11 Å². The molecule has 9 heavy (non-hydrogen) atoms. The Morgan fingerprint density at radius 3 is 2.11 bits per heavy atom. The Morgan fingerprint density at radius 1 is 1.44 bits per heavy atom. The highest BCUT2D eigenvalue weighted by Crippen LogP contribution is 2.06. The van der Waals surface area contributed by atoms with E-state index in [0.717, 1.165) is 0 Å². The SMILES string of the molecule is CO[C@@H](CO)[C@@H](Br)CO. The molecule has 0 heterocycles. The molecule has 0 aliphatic rings. The normalized spacial score (nSPS) is 17.3. The second kappa shape index (κ2) is 5.17. The molecule has 0 aliphatic carbocycles. The number of alkyl halides is 1. The van der Waals surface area contributed by atoms with Crippen molar-refractivity contribution in [2.45, 2.75) is 10.9 Å². The summed E-state index contributed by atoms with van der Waals surface area (Å²) in [5.41, 5.74) is 0. The highest BCUT2D eigenvalue weighted by Gasteiger charge is 2.15. The molecule has 0 spiro atoms. The monoisotopic (exact) mass is 198 g/mol. The molecule has 0 radical (unpaired) electrons. The van der Waals surface area contributed by atoms with E-state index in [1.807, 2.05) is 0 Å². The number of aliphatic hydroxyl groups is 2. The molecule has 56 valence electrons. The van der Waals surface area contributed by atoms with Gasteiger partial charge in [-0.05, 0) is 0 Å². The van der Waals surface area contributed by atoms with Gasteiger partial charge in [-0.15, -0.1) is 0 Å². The zero-order chi connectivity index (χ0) is 7.28. The predicted octanol–water partition coefficient (Wildman–Crippen LogP) is -0.251. The summed E-state index contributed by atoms with van der Waals surface area (Å²) in [6.45, 7) is -0.105. The van der Waals surface area contributed by atoms with E-state index in [0.29, 0.717) is 0 Å². The maximum absolute atomic E-state index is 8.56. The Bertz CT molecular complexity index is 65.2. The second-order valence-electron chi connectivity index (χ2n) is 1.66. The fourth-order valence-corrected chi connectivity index (χ4v) is 0.837. The first-order valence-electron chi connectivity index (χ1n) is 2.64. The van der Waals surface area contributed by atoms with E-state index in [9.17, 15) is 0 Å². The third-order valence-electron chi connectivity index (χ3n) is 1.06. The number of hydrogen-bond donors (Lipinski definition) is 2. The average molecular weight is 199 g/mol.